The average Bonchev–Trinajstić information content (AvgIpc) is 3.32. The van der Waals surface area contributed by atoms with Gasteiger partial charge in [0.2, 0.25) is 5.89 Å². The molecule has 0 spiro atoms. The van der Waals surface area contributed by atoms with Crippen molar-refractivity contribution in [2.75, 3.05) is 6.61 Å². The second kappa shape index (κ2) is 8.96. The van der Waals surface area contributed by atoms with Gasteiger partial charge in [-0.3, -0.25) is 4.79 Å². The predicted molar refractivity (Wildman–Crippen MR) is 120 cm³/mol. The van der Waals surface area contributed by atoms with E-state index in [1.165, 1.54) is 11.1 Å². The Kier molecular flexibility index (Phi) is 6.12. The maximum Gasteiger partial charge on any atom is 0.307 e. The number of hydrogen-bond acceptors (Lipinski definition) is 4. The second-order valence-electron chi connectivity index (χ2n) is 8.35. The summed E-state index contributed by atoms with van der Waals surface area (Å²) in [6.45, 7) is 6.45. The first-order valence-corrected chi connectivity index (χ1v) is 11.0. The Hall–Kier alpha value is -3.08. The summed E-state index contributed by atoms with van der Waals surface area (Å²) in [6.07, 6.45) is 3.12. The maximum absolute atomic E-state index is 11.6. The Morgan fingerprint density at radius 1 is 1.23 bits per heavy atom. The quantitative estimate of drug-likeness (QED) is 0.505. The van der Waals surface area contributed by atoms with Crippen LogP contribution in [-0.4, -0.2) is 22.7 Å². The minimum atomic E-state index is -0.700. The normalized spacial score (nSPS) is 16.2. The standard InChI is InChI=1S/C26H29NO4/c1-4-21(26(28)29)23-11-9-19-15-20(10-12-22(19)23)30-14-13-24-17(3)31-25(27-24)18-7-5-16(2)6-8-18/h5-8,10,12,15,21,23H,4,9,11,13-14H2,1-3H3,(H,28,29)/t21?,23-/m1/s1. The van der Waals surface area contributed by atoms with E-state index in [-0.39, 0.29) is 11.8 Å². The summed E-state index contributed by atoms with van der Waals surface area (Å²) in [6, 6.07) is 14.2. The molecule has 1 unspecified atom stereocenters. The number of carboxylic acids is 1. The minimum absolute atomic E-state index is 0.101. The van der Waals surface area contributed by atoms with E-state index < -0.39 is 5.97 Å². The van der Waals surface area contributed by atoms with E-state index in [0.29, 0.717) is 25.3 Å². The van der Waals surface area contributed by atoms with Crippen LogP contribution in [0.5, 0.6) is 5.75 Å². The molecule has 0 amide bonds. The molecule has 0 bridgehead atoms. The summed E-state index contributed by atoms with van der Waals surface area (Å²) < 4.78 is 11.8. The Morgan fingerprint density at radius 3 is 2.71 bits per heavy atom. The monoisotopic (exact) mass is 419 g/mol. The summed E-state index contributed by atoms with van der Waals surface area (Å²) in [5.41, 5.74) is 5.46. The lowest BCUT2D eigenvalue weighted by Gasteiger charge is -2.19. The smallest absolute Gasteiger partial charge is 0.307 e. The number of oxazole rings is 1. The fourth-order valence-electron chi connectivity index (χ4n) is 4.51. The van der Waals surface area contributed by atoms with Crippen LogP contribution in [0.2, 0.25) is 0 Å². The molecule has 1 aliphatic carbocycles. The van der Waals surface area contributed by atoms with Gasteiger partial charge in [0.25, 0.3) is 0 Å². The molecule has 3 aromatic rings. The van der Waals surface area contributed by atoms with Crippen molar-refractivity contribution >= 4 is 5.97 Å². The molecule has 0 saturated carbocycles. The highest BCUT2D eigenvalue weighted by Crippen LogP contribution is 2.41. The number of fused-ring (bicyclic) bond motifs is 1. The molecule has 1 heterocycles. The van der Waals surface area contributed by atoms with Crippen molar-refractivity contribution in [3.63, 3.8) is 0 Å². The molecule has 5 nitrogen and oxygen atoms in total. The first-order chi connectivity index (χ1) is 15.0. The molecule has 5 heteroatoms. The SMILES string of the molecule is CCC(C(=O)O)[C@H]1CCc2cc(OCCc3nc(-c4ccc(C)cc4)oc3C)ccc21. The van der Waals surface area contributed by atoms with Gasteiger partial charge in [-0.15, -0.1) is 0 Å². The lowest BCUT2D eigenvalue weighted by molar-refractivity contribution is -0.142. The zero-order valence-corrected chi connectivity index (χ0v) is 18.4. The molecule has 0 radical (unpaired) electrons. The van der Waals surface area contributed by atoms with Gasteiger partial charge in [0.1, 0.15) is 11.5 Å². The topological polar surface area (TPSA) is 72.6 Å². The van der Waals surface area contributed by atoms with Crippen LogP contribution in [0.1, 0.15) is 53.8 Å². The van der Waals surface area contributed by atoms with Crippen LogP contribution in [0.25, 0.3) is 11.5 Å². The maximum atomic E-state index is 11.6. The van der Waals surface area contributed by atoms with Crippen molar-refractivity contribution in [1.82, 2.24) is 4.98 Å². The summed E-state index contributed by atoms with van der Waals surface area (Å²) in [5.74, 6) is 1.36. The Bertz CT molecular complexity index is 1070. The van der Waals surface area contributed by atoms with Gasteiger partial charge in [0, 0.05) is 12.0 Å². The highest BCUT2D eigenvalue weighted by atomic mass is 16.5. The number of nitrogens with zero attached hydrogens (tertiary/aromatic N) is 1. The highest BCUT2D eigenvalue weighted by molar-refractivity contribution is 5.72. The van der Waals surface area contributed by atoms with Crippen LogP contribution >= 0.6 is 0 Å². The molecule has 4 rings (SSSR count). The van der Waals surface area contributed by atoms with E-state index in [1.807, 2.05) is 38.1 Å². The Labute approximate surface area is 183 Å². The summed E-state index contributed by atoms with van der Waals surface area (Å²) >= 11 is 0. The third-order valence-corrected chi connectivity index (χ3v) is 6.28. The van der Waals surface area contributed by atoms with Crippen LogP contribution in [0.15, 0.2) is 46.9 Å². The minimum Gasteiger partial charge on any atom is -0.493 e. The molecule has 2 atom stereocenters. The van der Waals surface area contributed by atoms with Crippen LogP contribution in [0.4, 0.5) is 0 Å². The highest BCUT2D eigenvalue weighted by Gasteiger charge is 2.33. The van der Waals surface area contributed by atoms with Crippen molar-refractivity contribution < 1.29 is 19.1 Å². The average molecular weight is 420 g/mol. The molecule has 31 heavy (non-hydrogen) atoms. The molecule has 1 N–H and O–H groups in total. The molecular weight excluding hydrogens is 390 g/mol. The fourth-order valence-corrected chi connectivity index (χ4v) is 4.51. The number of aliphatic carboxylic acids is 1. The van der Waals surface area contributed by atoms with Crippen molar-refractivity contribution in [3.8, 4) is 17.2 Å². The van der Waals surface area contributed by atoms with Crippen molar-refractivity contribution in [3.05, 3.63) is 70.6 Å². The zero-order chi connectivity index (χ0) is 22.0. The number of carbonyl (C=O) groups is 1. The predicted octanol–water partition coefficient (Wildman–Crippen LogP) is 5.72. The Balaban J connectivity index is 1.39. The third-order valence-electron chi connectivity index (χ3n) is 6.28. The van der Waals surface area contributed by atoms with Crippen molar-refractivity contribution in [2.45, 2.75) is 52.4 Å². The first-order valence-electron chi connectivity index (χ1n) is 11.0. The molecule has 0 saturated heterocycles. The molecule has 1 aliphatic rings. The summed E-state index contributed by atoms with van der Waals surface area (Å²) in [5, 5.41) is 9.51. The van der Waals surface area contributed by atoms with E-state index in [1.54, 1.807) is 0 Å². The molecule has 162 valence electrons. The first kappa shape index (κ1) is 21.2. The molecule has 0 fully saturated rings. The summed E-state index contributed by atoms with van der Waals surface area (Å²) in [7, 11) is 0. The van der Waals surface area contributed by atoms with Crippen LogP contribution in [0, 0.1) is 19.8 Å². The van der Waals surface area contributed by atoms with Gasteiger partial charge in [-0.05, 0) is 74.4 Å². The molecule has 1 aromatic heterocycles. The van der Waals surface area contributed by atoms with Gasteiger partial charge < -0.3 is 14.3 Å². The van der Waals surface area contributed by atoms with Gasteiger partial charge in [-0.2, -0.15) is 0 Å². The van der Waals surface area contributed by atoms with E-state index in [0.717, 1.165) is 41.2 Å². The van der Waals surface area contributed by atoms with Gasteiger partial charge in [0.05, 0.1) is 18.2 Å². The summed E-state index contributed by atoms with van der Waals surface area (Å²) in [4.78, 5) is 16.2. The lowest BCUT2D eigenvalue weighted by atomic mass is 9.85. The van der Waals surface area contributed by atoms with E-state index in [9.17, 15) is 9.90 Å². The fraction of sp³-hybridized carbons (Fsp3) is 0.385. The van der Waals surface area contributed by atoms with E-state index >= 15 is 0 Å². The number of ether oxygens (including phenoxy) is 1. The zero-order valence-electron chi connectivity index (χ0n) is 18.4. The van der Waals surface area contributed by atoms with E-state index in [2.05, 4.69) is 30.1 Å². The van der Waals surface area contributed by atoms with Crippen molar-refractivity contribution in [2.24, 2.45) is 5.92 Å². The number of aryl methyl sites for hydroxylation is 3. The van der Waals surface area contributed by atoms with E-state index in [4.69, 9.17) is 9.15 Å². The van der Waals surface area contributed by atoms with Crippen LogP contribution in [0.3, 0.4) is 0 Å². The van der Waals surface area contributed by atoms with Gasteiger partial charge in [-0.25, -0.2) is 4.98 Å². The molecular formula is C26H29NO4. The number of aromatic nitrogens is 1. The van der Waals surface area contributed by atoms with Gasteiger partial charge >= 0.3 is 5.97 Å². The molecule has 2 aromatic carbocycles. The van der Waals surface area contributed by atoms with Gasteiger partial charge in [-0.1, -0.05) is 30.7 Å². The number of carboxylic acid groups (broad SMARTS) is 1. The Morgan fingerprint density at radius 2 is 2.00 bits per heavy atom. The molecule has 0 aliphatic heterocycles. The largest absolute Gasteiger partial charge is 0.493 e. The van der Waals surface area contributed by atoms with Crippen molar-refractivity contribution in [1.29, 1.82) is 0 Å². The van der Waals surface area contributed by atoms with Gasteiger partial charge in [0.15, 0.2) is 0 Å². The lowest BCUT2D eigenvalue weighted by Crippen LogP contribution is -2.19. The third kappa shape index (κ3) is 4.50. The number of hydrogen-bond donors (Lipinski definition) is 1. The second-order valence-corrected chi connectivity index (χ2v) is 8.35. The number of rotatable bonds is 8. The van der Waals surface area contributed by atoms with Crippen LogP contribution < -0.4 is 4.74 Å². The number of benzene rings is 2. The van der Waals surface area contributed by atoms with Crippen LogP contribution in [-0.2, 0) is 17.6 Å².